The summed E-state index contributed by atoms with van der Waals surface area (Å²) in [5, 5.41) is 11.4. The first-order chi connectivity index (χ1) is 10.6. The van der Waals surface area contributed by atoms with Crippen LogP contribution in [0.1, 0.15) is 18.1 Å². The predicted molar refractivity (Wildman–Crippen MR) is 86.0 cm³/mol. The smallest absolute Gasteiger partial charge is 0.325 e. The van der Waals surface area contributed by atoms with Crippen molar-refractivity contribution in [3.05, 3.63) is 71.8 Å². The van der Waals surface area contributed by atoms with Gasteiger partial charge in [0.25, 0.3) is 5.91 Å². The Morgan fingerprint density at radius 1 is 1.00 bits per heavy atom. The van der Waals surface area contributed by atoms with Crippen molar-refractivity contribution in [3.63, 3.8) is 0 Å². The maximum absolute atomic E-state index is 12.4. The molecule has 22 heavy (non-hydrogen) atoms. The average molecular weight is 295 g/mol. The fraction of sp³-hybridized carbons (Fsp3) is 0.111. The summed E-state index contributed by atoms with van der Waals surface area (Å²) in [4.78, 5) is 23.3. The Labute approximate surface area is 129 Å². The van der Waals surface area contributed by atoms with Crippen LogP contribution in [0.25, 0.3) is 11.6 Å². The molecule has 4 heteroatoms. The van der Waals surface area contributed by atoms with E-state index in [1.54, 1.807) is 6.08 Å². The summed E-state index contributed by atoms with van der Waals surface area (Å²) in [5.74, 6) is -1.48. The highest BCUT2D eigenvalue weighted by Gasteiger charge is 2.18. The number of carboxylic acid groups (broad SMARTS) is 1. The largest absolute Gasteiger partial charge is 0.480 e. The van der Waals surface area contributed by atoms with Gasteiger partial charge in [-0.3, -0.25) is 9.59 Å². The molecule has 0 aromatic heterocycles. The van der Waals surface area contributed by atoms with Crippen molar-refractivity contribution >= 4 is 23.5 Å². The van der Waals surface area contributed by atoms with Crippen molar-refractivity contribution in [1.82, 2.24) is 5.32 Å². The Morgan fingerprint density at radius 2 is 1.55 bits per heavy atom. The predicted octanol–water partition coefficient (Wildman–Crippen LogP) is 2.82. The van der Waals surface area contributed by atoms with E-state index in [2.05, 4.69) is 5.32 Å². The van der Waals surface area contributed by atoms with E-state index in [0.717, 1.165) is 11.1 Å². The van der Waals surface area contributed by atoms with Gasteiger partial charge in [-0.15, -0.1) is 0 Å². The van der Waals surface area contributed by atoms with Crippen molar-refractivity contribution < 1.29 is 14.7 Å². The van der Waals surface area contributed by atoms with Gasteiger partial charge in [0, 0.05) is 5.57 Å². The highest BCUT2D eigenvalue weighted by molar-refractivity contribution is 6.24. The number of hydrogen-bond donors (Lipinski definition) is 2. The second-order valence-corrected chi connectivity index (χ2v) is 4.87. The third-order valence-electron chi connectivity index (χ3n) is 3.16. The van der Waals surface area contributed by atoms with Crippen LogP contribution in [-0.4, -0.2) is 23.0 Å². The lowest BCUT2D eigenvalue weighted by Crippen LogP contribution is -2.38. The molecule has 2 aromatic rings. The Balaban J connectivity index is 2.36. The summed E-state index contributed by atoms with van der Waals surface area (Å²) < 4.78 is 0. The van der Waals surface area contributed by atoms with Gasteiger partial charge < -0.3 is 10.4 Å². The van der Waals surface area contributed by atoms with E-state index in [1.807, 2.05) is 60.7 Å². The van der Waals surface area contributed by atoms with Crippen LogP contribution in [0, 0.1) is 0 Å². The number of aliphatic carboxylic acids is 1. The number of carboxylic acids is 1. The molecule has 2 rings (SSSR count). The quantitative estimate of drug-likeness (QED) is 0.658. The second-order valence-electron chi connectivity index (χ2n) is 4.87. The monoisotopic (exact) mass is 295 g/mol. The molecule has 0 saturated heterocycles. The van der Waals surface area contributed by atoms with Gasteiger partial charge in [0.1, 0.15) is 6.04 Å². The highest BCUT2D eigenvalue weighted by Crippen LogP contribution is 2.18. The fourth-order valence-electron chi connectivity index (χ4n) is 1.95. The molecule has 1 atom stereocenters. The highest BCUT2D eigenvalue weighted by atomic mass is 16.4. The van der Waals surface area contributed by atoms with Gasteiger partial charge in [0.05, 0.1) is 0 Å². The fourth-order valence-corrected chi connectivity index (χ4v) is 1.95. The SMILES string of the molecule is CC(NC(=O)/C(=C/c1ccccc1)c1ccccc1)C(=O)O. The van der Waals surface area contributed by atoms with Gasteiger partial charge in [-0.2, -0.15) is 0 Å². The molecule has 1 amide bonds. The third kappa shape index (κ3) is 4.06. The number of amides is 1. The molecule has 2 aromatic carbocycles. The van der Waals surface area contributed by atoms with Crippen LogP contribution >= 0.6 is 0 Å². The number of rotatable bonds is 5. The molecular weight excluding hydrogens is 278 g/mol. The summed E-state index contributed by atoms with van der Waals surface area (Å²) in [6.07, 6.45) is 1.75. The van der Waals surface area contributed by atoms with Gasteiger partial charge in [-0.05, 0) is 24.1 Å². The number of benzene rings is 2. The number of carbonyl (C=O) groups is 2. The van der Waals surface area contributed by atoms with E-state index >= 15 is 0 Å². The first-order valence-electron chi connectivity index (χ1n) is 6.94. The van der Waals surface area contributed by atoms with Gasteiger partial charge in [0.15, 0.2) is 0 Å². The molecule has 1 unspecified atom stereocenters. The first-order valence-corrected chi connectivity index (χ1v) is 6.94. The lowest BCUT2D eigenvalue weighted by molar-refractivity contribution is -0.140. The Kier molecular flexibility index (Phi) is 5.09. The topological polar surface area (TPSA) is 66.4 Å². The third-order valence-corrected chi connectivity index (χ3v) is 3.16. The zero-order valence-corrected chi connectivity index (χ0v) is 12.2. The minimum atomic E-state index is -1.07. The molecular formula is C18H17NO3. The van der Waals surface area contributed by atoms with Crippen LogP contribution in [0.5, 0.6) is 0 Å². The van der Waals surface area contributed by atoms with Gasteiger partial charge in [-0.1, -0.05) is 60.7 Å². The van der Waals surface area contributed by atoms with Crippen molar-refractivity contribution in [3.8, 4) is 0 Å². The summed E-state index contributed by atoms with van der Waals surface area (Å²) in [6, 6.07) is 17.7. The van der Waals surface area contributed by atoms with E-state index in [-0.39, 0.29) is 0 Å². The molecule has 0 radical (unpaired) electrons. The second kappa shape index (κ2) is 7.22. The first kappa shape index (κ1) is 15.5. The summed E-state index contributed by atoms with van der Waals surface area (Å²) >= 11 is 0. The van der Waals surface area contributed by atoms with E-state index in [4.69, 9.17) is 5.11 Å². The molecule has 0 aliphatic carbocycles. The molecule has 4 nitrogen and oxygen atoms in total. The molecule has 112 valence electrons. The van der Waals surface area contributed by atoms with Crippen LogP contribution in [0.3, 0.4) is 0 Å². The Hall–Kier alpha value is -2.88. The molecule has 0 aliphatic rings. The molecule has 0 fully saturated rings. The normalized spacial score (nSPS) is 12.5. The van der Waals surface area contributed by atoms with Crippen molar-refractivity contribution in [2.24, 2.45) is 0 Å². The minimum Gasteiger partial charge on any atom is -0.480 e. The van der Waals surface area contributed by atoms with E-state index in [1.165, 1.54) is 6.92 Å². The van der Waals surface area contributed by atoms with Gasteiger partial charge >= 0.3 is 5.97 Å². The maximum Gasteiger partial charge on any atom is 0.325 e. The lowest BCUT2D eigenvalue weighted by atomic mass is 10.0. The zero-order chi connectivity index (χ0) is 15.9. The summed E-state index contributed by atoms with van der Waals surface area (Å²) in [5.41, 5.74) is 2.04. The van der Waals surface area contributed by atoms with Crippen molar-refractivity contribution in [2.45, 2.75) is 13.0 Å². The van der Waals surface area contributed by atoms with E-state index < -0.39 is 17.9 Å². The average Bonchev–Trinajstić information content (AvgIpc) is 2.54. The van der Waals surface area contributed by atoms with Crippen LogP contribution < -0.4 is 5.32 Å². The zero-order valence-electron chi connectivity index (χ0n) is 12.2. The van der Waals surface area contributed by atoms with Gasteiger partial charge in [0.2, 0.25) is 0 Å². The summed E-state index contributed by atoms with van der Waals surface area (Å²) in [6.45, 7) is 1.44. The molecule has 0 aliphatic heterocycles. The molecule has 0 spiro atoms. The van der Waals surface area contributed by atoms with Crippen molar-refractivity contribution in [2.75, 3.05) is 0 Å². The van der Waals surface area contributed by atoms with Crippen molar-refractivity contribution in [1.29, 1.82) is 0 Å². The molecule has 0 heterocycles. The number of carbonyl (C=O) groups excluding carboxylic acids is 1. The van der Waals surface area contributed by atoms with Crippen LogP contribution in [0.4, 0.5) is 0 Å². The van der Waals surface area contributed by atoms with Crippen LogP contribution in [0.15, 0.2) is 60.7 Å². The standard InChI is InChI=1S/C18H17NO3/c1-13(18(21)22)19-17(20)16(15-10-6-3-7-11-15)12-14-8-4-2-5-9-14/h2-13H,1H3,(H,19,20)(H,21,22)/b16-12+. The van der Waals surface area contributed by atoms with Crippen LogP contribution in [0.2, 0.25) is 0 Å². The minimum absolute atomic E-state index is 0.412. The number of hydrogen-bond acceptors (Lipinski definition) is 2. The van der Waals surface area contributed by atoms with E-state index in [9.17, 15) is 9.59 Å². The number of nitrogens with one attached hydrogen (secondary N) is 1. The maximum atomic E-state index is 12.4. The van der Waals surface area contributed by atoms with Gasteiger partial charge in [-0.25, -0.2) is 0 Å². The van der Waals surface area contributed by atoms with E-state index in [0.29, 0.717) is 5.57 Å². The van der Waals surface area contributed by atoms with Crippen LogP contribution in [-0.2, 0) is 9.59 Å². The Bertz CT molecular complexity index is 678. The molecule has 0 saturated carbocycles. The summed E-state index contributed by atoms with van der Waals surface area (Å²) in [7, 11) is 0. The lowest BCUT2D eigenvalue weighted by Gasteiger charge is -2.12. The molecule has 0 bridgehead atoms. The molecule has 2 N–H and O–H groups in total. The Morgan fingerprint density at radius 3 is 2.09 bits per heavy atom.